The average molecular weight is 242 g/mol. The Morgan fingerprint density at radius 3 is 2.17 bits per heavy atom. The molecule has 0 heterocycles. The van der Waals surface area contributed by atoms with Crippen molar-refractivity contribution < 1.29 is 9.18 Å². The van der Waals surface area contributed by atoms with Crippen LogP contribution in [0.3, 0.4) is 0 Å². The van der Waals surface area contributed by atoms with Gasteiger partial charge in [0.15, 0.2) is 0 Å². The molecule has 0 N–H and O–H groups in total. The van der Waals surface area contributed by atoms with Gasteiger partial charge < -0.3 is 0 Å². The van der Waals surface area contributed by atoms with Gasteiger partial charge in [-0.25, -0.2) is 4.39 Å². The van der Waals surface area contributed by atoms with Gasteiger partial charge in [0.2, 0.25) is 0 Å². The zero-order valence-corrected chi connectivity index (χ0v) is 10.8. The summed E-state index contributed by atoms with van der Waals surface area (Å²) in [5.74, 6) is -0.227. The summed E-state index contributed by atoms with van der Waals surface area (Å²) in [6.07, 6.45) is 0.865. The van der Waals surface area contributed by atoms with Gasteiger partial charge in [0.1, 0.15) is 12.1 Å². The van der Waals surface area contributed by atoms with Crippen LogP contribution in [-0.2, 0) is 0 Å². The zero-order chi connectivity index (χ0) is 13.3. The lowest BCUT2D eigenvalue weighted by molar-refractivity contribution is 0.112. The zero-order valence-electron chi connectivity index (χ0n) is 10.8. The summed E-state index contributed by atoms with van der Waals surface area (Å²) < 4.78 is 13.1. The van der Waals surface area contributed by atoms with E-state index in [1.807, 2.05) is 32.9 Å². The van der Waals surface area contributed by atoms with Gasteiger partial charge in [-0.15, -0.1) is 0 Å². The van der Waals surface area contributed by atoms with Gasteiger partial charge in [0.05, 0.1) is 0 Å². The molecular weight excluding hydrogens is 227 g/mol. The Kier molecular flexibility index (Phi) is 3.28. The summed E-state index contributed by atoms with van der Waals surface area (Å²) in [7, 11) is 0. The lowest BCUT2D eigenvalue weighted by atomic mass is 9.93. The number of halogens is 1. The highest BCUT2D eigenvalue weighted by atomic mass is 19.1. The second kappa shape index (κ2) is 4.73. The molecule has 2 rings (SSSR count). The van der Waals surface area contributed by atoms with E-state index in [-0.39, 0.29) is 5.82 Å². The Balaban J connectivity index is 2.64. The van der Waals surface area contributed by atoms with Crippen molar-refractivity contribution in [3.8, 4) is 11.1 Å². The second-order valence-electron chi connectivity index (χ2n) is 4.60. The van der Waals surface area contributed by atoms with Crippen LogP contribution in [0.25, 0.3) is 11.1 Å². The second-order valence-corrected chi connectivity index (χ2v) is 4.60. The molecular formula is C16H15FO. The molecule has 0 unspecified atom stereocenters. The van der Waals surface area contributed by atoms with Crippen molar-refractivity contribution in [1.82, 2.24) is 0 Å². The van der Waals surface area contributed by atoms with Gasteiger partial charge in [-0.3, -0.25) is 4.79 Å². The van der Waals surface area contributed by atoms with E-state index >= 15 is 0 Å². The Morgan fingerprint density at radius 1 is 0.889 bits per heavy atom. The normalized spacial score (nSPS) is 10.4. The molecule has 1 nitrogen and oxygen atoms in total. The van der Waals surface area contributed by atoms with Crippen molar-refractivity contribution >= 4 is 6.29 Å². The maximum absolute atomic E-state index is 13.1. The van der Waals surface area contributed by atoms with E-state index in [2.05, 4.69) is 0 Å². The lowest BCUT2D eigenvalue weighted by Gasteiger charge is -2.12. The number of carbonyl (C=O) groups is 1. The Bertz CT molecular complexity index is 615. The highest BCUT2D eigenvalue weighted by Crippen LogP contribution is 2.29. The van der Waals surface area contributed by atoms with Gasteiger partial charge in [-0.2, -0.15) is 0 Å². The molecule has 2 aromatic carbocycles. The number of aldehydes is 1. The Morgan fingerprint density at radius 2 is 1.56 bits per heavy atom. The minimum absolute atomic E-state index is 0.227. The van der Waals surface area contributed by atoms with Crippen LogP contribution in [0.5, 0.6) is 0 Å². The summed E-state index contributed by atoms with van der Waals surface area (Å²) in [5.41, 5.74) is 5.63. The van der Waals surface area contributed by atoms with E-state index in [0.717, 1.165) is 34.1 Å². The van der Waals surface area contributed by atoms with E-state index < -0.39 is 0 Å². The molecule has 2 aromatic rings. The summed E-state index contributed by atoms with van der Waals surface area (Å²) >= 11 is 0. The largest absolute Gasteiger partial charge is 0.298 e. The average Bonchev–Trinajstić information content (AvgIpc) is 2.32. The SMILES string of the molecule is Cc1cc(-c2ccc(F)cc2C)c(C)cc1C=O. The van der Waals surface area contributed by atoms with E-state index in [1.165, 1.54) is 12.1 Å². The van der Waals surface area contributed by atoms with Crippen LogP contribution >= 0.6 is 0 Å². The molecule has 0 aliphatic rings. The molecule has 0 bridgehead atoms. The van der Waals surface area contributed by atoms with Crippen LogP contribution in [0.4, 0.5) is 4.39 Å². The Hall–Kier alpha value is -1.96. The van der Waals surface area contributed by atoms with Crippen molar-refractivity contribution in [2.45, 2.75) is 20.8 Å². The first kappa shape index (κ1) is 12.5. The van der Waals surface area contributed by atoms with Crippen LogP contribution in [0, 0.1) is 26.6 Å². The molecule has 0 atom stereocenters. The topological polar surface area (TPSA) is 17.1 Å². The predicted octanol–water partition coefficient (Wildman–Crippen LogP) is 4.23. The van der Waals surface area contributed by atoms with Gasteiger partial charge in [0.25, 0.3) is 0 Å². The predicted molar refractivity (Wildman–Crippen MR) is 71.4 cm³/mol. The molecule has 0 aliphatic heterocycles. The molecule has 0 saturated carbocycles. The summed E-state index contributed by atoms with van der Waals surface area (Å²) in [4.78, 5) is 10.9. The highest BCUT2D eigenvalue weighted by Gasteiger charge is 2.09. The van der Waals surface area contributed by atoms with Gasteiger partial charge >= 0.3 is 0 Å². The first-order chi connectivity index (χ1) is 8.52. The molecule has 0 radical (unpaired) electrons. The number of carbonyl (C=O) groups excluding carboxylic acids is 1. The third-order valence-corrected chi connectivity index (χ3v) is 3.22. The highest BCUT2D eigenvalue weighted by molar-refractivity contribution is 5.81. The van der Waals surface area contributed by atoms with E-state index in [0.29, 0.717) is 5.56 Å². The van der Waals surface area contributed by atoms with Gasteiger partial charge in [-0.05, 0) is 66.8 Å². The van der Waals surface area contributed by atoms with Crippen LogP contribution in [0.15, 0.2) is 30.3 Å². The standard InChI is InChI=1S/C16H15FO/c1-10-8-16(11(2)6-13(10)9-18)15-5-4-14(17)7-12(15)3/h4-9H,1-3H3. The van der Waals surface area contributed by atoms with E-state index in [1.54, 1.807) is 6.07 Å². The van der Waals surface area contributed by atoms with Crippen molar-refractivity contribution in [2.75, 3.05) is 0 Å². The van der Waals surface area contributed by atoms with Gasteiger partial charge in [-0.1, -0.05) is 12.1 Å². The number of rotatable bonds is 2. The number of aryl methyl sites for hydroxylation is 3. The van der Waals surface area contributed by atoms with E-state index in [4.69, 9.17) is 0 Å². The molecule has 0 aromatic heterocycles. The van der Waals surface area contributed by atoms with Crippen LogP contribution in [0.2, 0.25) is 0 Å². The number of hydrogen-bond donors (Lipinski definition) is 0. The van der Waals surface area contributed by atoms with Crippen LogP contribution in [-0.4, -0.2) is 6.29 Å². The fourth-order valence-electron chi connectivity index (χ4n) is 2.18. The first-order valence-electron chi connectivity index (χ1n) is 5.86. The third-order valence-electron chi connectivity index (χ3n) is 3.22. The van der Waals surface area contributed by atoms with Crippen molar-refractivity contribution in [2.24, 2.45) is 0 Å². The quantitative estimate of drug-likeness (QED) is 0.720. The first-order valence-corrected chi connectivity index (χ1v) is 5.86. The molecule has 0 spiro atoms. The van der Waals surface area contributed by atoms with Gasteiger partial charge in [0, 0.05) is 5.56 Å². The molecule has 18 heavy (non-hydrogen) atoms. The molecule has 92 valence electrons. The lowest BCUT2D eigenvalue weighted by Crippen LogP contribution is -1.93. The molecule has 0 saturated heterocycles. The minimum atomic E-state index is -0.227. The molecule has 0 fully saturated rings. The third kappa shape index (κ3) is 2.19. The van der Waals surface area contributed by atoms with Crippen molar-refractivity contribution in [1.29, 1.82) is 0 Å². The van der Waals surface area contributed by atoms with Crippen LogP contribution < -0.4 is 0 Å². The maximum Gasteiger partial charge on any atom is 0.150 e. The number of benzene rings is 2. The minimum Gasteiger partial charge on any atom is -0.298 e. The fourth-order valence-corrected chi connectivity index (χ4v) is 2.18. The summed E-state index contributed by atoms with van der Waals surface area (Å²) in [6, 6.07) is 8.63. The van der Waals surface area contributed by atoms with Crippen molar-refractivity contribution in [3.63, 3.8) is 0 Å². The smallest absolute Gasteiger partial charge is 0.150 e. The summed E-state index contributed by atoms with van der Waals surface area (Å²) in [6.45, 7) is 5.76. The van der Waals surface area contributed by atoms with Crippen molar-refractivity contribution in [3.05, 3.63) is 58.4 Å². The van der Waals surface area contributed by atoms with E-state index in [9.17, 15) is 9.18 Å². The monoisotopic (exact) mass is 242 g/mol. The van der Waals surface area contributed by atoms with Crippen LogP contribution in [0.1, 0.15) is 27.0 Å². The fraction of sp³-hybridized carbons (Fsp3) is 0.188. The Labute approximate surface area is 106 Å². The number of hydrogen-bond acceptors (Lipinski definition) is 1. The maximum atomic E-state index is 13.1. The molecule has 2 heteroatoms. The molecule has 0 aliphatic carbocycles. The molecule has 0 amide bonds. The summed E-state index contributed by atoms with van der Waals surface area (Å²) in [5, 5.41) is 0.